The Morgan fingerprint density at radius 2 is 1.71 bits per heavy atom. The third-order valence-electron chi connectivity index (χ3n) is 1.58. The van der Waals surface area contributed by atoms with Gasteiger partial charge in [0.15, 0.2) is 0 Å². The quantitative estimate of drug-likeness (QED) is 0.468. The van der Waals surface area contributed by atoms with Crippen molar-refractivity contribution in [3.8, 4) is 0 Å². The van der Waals surface area contributed by atoms with Gasteiger partial charge in [0.25, 0.3) is 0 Å². The molecule has 1 heterocycles. The molecule has 1 aliphatic heterocycles. The molecule has 7 nitrogen and oxygen atoms in total. The molecule has 0 saturated carbocycles. The summed E-state index contributed by atoms with van der Waals surface area (Å²) in [6, 6.07) is 0. The normalized spacial score (nSPS) is 18.1. The highest BCUT2D eigenvalue weighted by Crippen LogP contribution is 2.02. The molecule has 0 radical (unpaired) electrons. The molecule has 0 aromatic rings. The van der Waals surface area contributed by atoms with Crippen molar-refractivity contribution < 1.29 is 34.0 Å². The van der Waals surface area contributed by atoms with Gasteiger partial charge in [-0.25, -0.2) is 4.79 Å². The Bertz CT molecular complexity index is 177. The van der Waals surface area contributed by atoms with Gasteiger partial charge in [0.2, 0.25) is 0 Å². The number of hydrogen-bond acceptors (Lipinski definition) is 7. The maximum absolute atomic E-state index is 10.0. The first-order chi connectivity index (χ1) is 8.20. The number of carbonyl (C=O) groups is 1. The molecule has 1 fully saturated rings. The van der Waals surface area contributed by atoms with Crippen LogP contribution >= 0.6 is 0 Å². The zero-order valence-corrected chi connectivity index (χ0v) is 9.96. The van der Waals surface area contributed by atoms with E-state index >= 15 is 0 Å². The molecular formula is C10H20O7. The summed E-state index contributed by atoms with van der Waals surface area (Å²) in [7, 11) is 0. The second kappa shape index (κ2) is 11.6. The summed E-state index contributed by atoms with van der Waals surface area (Å²) in [5.41, 5.74) is 0. The maximum atomic E-state index is 10.0. The van der Waals surface area contributed by atoms with Crippen LogP contribution in [-0.2, 0) is 18.9 Å². The molecule has 1 aliphatic rings. The van der Waals surface area contributed by atoms with E-state index in [0.29, 0.717) is 33.0 Å². The van der Waals surface area contributed by atoms with Crippen molar-refractivity contribution in [2.45, 2.75) is 13.0 Å². The van der Waals surface area contributed by atoms with Gasteiger partial charge in [-0.2, -0.15) is 0 Å². The molecule has 7 heteroatoms. The molecule has 17 heavy (non-hydrogen) atoms. The van der Waals surface area contributed by atoms with Gasteiger partial charge in [-0.3, -0.25) is 0 Å². The highest BCUT2D eigenvalue weighted by molar-refractivity contribution is 5.61. The van der Waals surface area contributed by atoms with Crippen LogP contribution < -0.4 is 0 Å². The maximum Gasteiger partial charge on any atom is 0.508 e. The summed E-state index contributed by atoms with van der Waals surface area (Å²) < 4.78 is 18.6. The Morgan fingerprint density at radius 3 is 1.94 bits per heavy atom. The Labute approximate surface area is 100 Å². The topological polar surface area (TPSA) is 94.5 Å². The first-order valence-electron chi connectivity index (χ1n) is 5.41. The van der Waals surface area contributed by atoms with Crippen LogP contribution in [0.1, 0.15) is 6.92 Å². The van der Waals surface area contributed by atoms with Crippen molar-refractivity contribution in [1.29, 1.82) is 0 Å². The van der Waals surface area contributed by atoms with Crippen molar-refractivity contribution in [3.05, 3.63) is 0 Å². The number of aliphatic hydroxyl groups is 2. The summed E-state index contributed by atoms with van der Waals surface area (Å²) >= 11 is 0. The zero-order chi connectivity index (χ0) is 12.9. The van der Waals surface area contributed by atoms with Crippen molar-refractivity contribution in [2.24, 2.45) is 0 Å². The number of ether oxygens (including phenoxy) is 4. The molecule has 1 unspecified atom stereocenters. The highest BCUT2D eigenvalue weighted by atomic mass is 16.8. The number of rotatable bonds is 7. The van der Waals surface area contributed by atoms with Crippen LogP contribution in [-0.4, -0.2) is 68.7 Å². The molecule has 2 N–H and O–H groups in total. The van der Waals surface area contributed by atoms with Crippen molar-refractivity contribution in [3.63, 3.8) is 0 Å². The first-order valence-corrected chi connectivity index (χ1v) is 5.41. The Morgan fingerprint density at radius 1 is 1.18 bits per heavy atom. The molecule has 0 aliphatic carbocycles. The van der Waals surface area contributed by atoms with E-state index in [1.54, 1.807) is 6.92 Å². The minimum atomic E-state index is -0.549. The fourth-order valence-corrected chi connectivity index (χ4v) is 0.869. The zero-order valence-electron chi connectivity index (χ0n) is 9.96. The first kappa shape index (κ1) is 16.1. The number of carbonyl (C=O) groups excluding carboxylic acids is 1. The second-order valence-corrected chi connectivity index (χ2v) is 3.16. The predicted octanol–water partition coefficient (Wildman–Crippen LogP) is -0.454. The van der Waals surface area contributed by atoms with Crippen LogP contribution in [0, 0.1) is 0 Å². The average molecular weight is 252 g/mol. The summed E-state index contributed by atoms with van der Waals surface area (Å²) in [6.07, 6.45) is -0.597. The number of hydrogen-bond donors (Lipinski definition) is 2. The van der Waals surface area contributed by atoms with Crippen molar-refractivity contribution >= 4 is 6.16 Å². The van der Waals surface area contributed by atoms with Gasteiger partial charge in [-0.05, 0) is 6.92 Å². The van der Waals surface area contributed by atoms with E-state index in [1.165, 1.54) is 0 Å². The Hall–Kier alpha value is -0.890. The highest BCUT2D eigenvalue weighted by Gasteiger charge is 2.19. The molecule has 1 saturated heterocycles. The molecule has 102 valence electrons. The molecule has 0 aromatic carbocycles. The lowest BCUT2D eigenvalue weighted by Gasteiger charge is -2.01. The van der Waals surface area contributed by atoms with Crippen LogP contribution in [0.4, 0.5) is 4.79 Å². The molecule has 0 aromatic heterocycles. The predicted molar refractivity (Wildman–Crippen MR) is 57.7 cm³/mol. The van der Waals surface area contributed by atoms with Gasteiger partial charge >= 0.3 is 6.16 Å². The molecule has 1 rings (SSSR count). The van der Waals surface area contributed by atoms with Gasteiger partial charge in [0.05, 0.1) is 39.6 Å². The van der Waals surface area contributed by atoms with Crippen LogP contribution in [0.25, 0.3) is 0 Å². The second-order valence-electron chi connectivity index (χ2n) is 3.16. The standard InChI is InChI=1S/C6H14O4.C4H6O3/c7-1-3-9-5-6-10-4-2-8;1-3-2-6-4(5)7-3/h7-8H,1-6H2;3H,2H2,1H3. The molecule has 0 bridgehead atoms. The lowest BCUT2D eigenvalue weighted by atomic mass is 10.5. The van der Waals surface area contributed by atoms with E-state index < -0.39 is 6.16 Å². The van der Waals surface area contributed by atoms with Crippen LogP contribution in [0.15, 0.2) is 0 Å². The van der Waals surface area contributed by atoms with Crippen molar-refractivity contribution in [2.75, 3.05) is 46.2 Å². The van der Waals surface area contributed by atoms with E-state index in [2.05, 4.69) is 9.47 Å². The van der Waals surface area contributed by atoms with Gasteiger partial charge in [-0.1, -0.05) is 0 Å². The van der Waals surface area contributed by atoms with Crippen LogP contribution in [0.3, 0.4) is 0 Å². The van der Waals surface area contributed by atoms with E-state index in [4.69, 9.17) is 19.7 Å². The van der Waals surface area contributed by atoms with E-state index in [0.717, 1.165) is 0 Å². The third kappa shape index (κ3) is 11.4. The van der Waals surface area contributed by atoms with E-state index in [-0.39, 0.29) is 19.3 Å². The molecule has 0 spiro atoms. The fourth-order valence-electron chi connectivity index (χ4n) is 0.869. The van der Waals surface area contributed by atoms with E-state index in [1.807, 2.05) is 0 Å². The smallest absolute Gasteiger partial charge is 0.430 e. The van der Waals surface area contributed by atoms with Gasteiger partial charge in [-0.15, -0.1) is 0 Å². The van der Waals surface area contributed by atoms with Crippen LogP contribution in [0.5, 0.6) is 0 Å². The monoisotopic (exact) mass is 252 g/mol. The minimum absolute atomic E-state index is 0.0417. The van der Waals surface area contributed by atoms with Gasteiger partial charge in [0.1, 0.15) is 12.7 Å². The molecule has 1 atom stereocenters. The Kier molecular flexibility index (Phi) is 11.0. The summed E-state index contributed by atoms with van der Waals surface area (Å²) in [4.78, 5) is 10.0. The summed E-state index contributed by atoms with van der Waals surface area (Å²) in [6.45, 7) is 3.91. The lowest BCUT2D eigenvalue weighted by molar-refractivity contribution is 0.0222. The average Bonchev–Trinajstić information content (AvgIpc) is 2.68. The lowest BCUT2D eigenvalue weighted by Crippen LogP contribution is -2.09. The fraction of sp³-hybridized carbons (Fsp3) is 0.900. The Balaban J connectivity index is 0.000000318. The summed E-state index contributed by atoms with van der Waals surface area (Å²) in [5, 5.41) is 16.5. The number of aliphatic hydroxyl groups excluding tert-OH is 2. The molecular weight excluding hydrogens is 232 g/mol. The SMILES string of the molecule is CC1COC(=O)O1.OCCOCCOCCO. The largest absolute Gasteiger partial charge is 0.508 e. The number of cyclic esters (lactones) is 2. The van der Waals surface area contributed by atoms with E-state index in [9.17, 15) is 4.79 Å². The summed E-state index contributed by atoms with van der Waals surface area (Å²) in [5.74, 6) is 0. The van der Waals surface area contributed by atoms with Gasteiger partial charge < -0.3 is 29.2 Å². The van der Waals surface area contributed by atoms with Gasteiger partial charge in [0, 0.05) is 0 Å². The van der Waals surface area contributed by atoms with Crippen molar-refractivity contribution in [1.82, 2.24) is 0 Å². The minimum Gasteiger partial charge on any atom is -0.430 e. The molecule has 0 amide bonds. The third-order valence-corrected chi connectivity index (χ3v) is 1.58. The van der Waals surface area contributed by atoms with Crippen LogP contribution in [0.2, 0.25) is 0 Å².